The van der Waals surface area contributed by atoms with Crippen LogP contribution in [0.15, 0.2) is 24.4 Å². The average Bonchev–Trinajstić information content (AvgIpc) is 2.84. The van der Waals surface area contributed by atoms with Gasteiger partial charge in [0.05, 0.1) is 11.4 Å². The van der Waals surface area contributed by atoms with Gasteiger partial charge in [-0.1, -0.05) is 6.07 Å². The van der Waals surface area contributed by atoms with Crippen molar-refractivity contribution in [2.75, 3.05) is 6.54 Å². The first-order valence-corrected chi connectivity index (χ1v) is 8.36. The Bertz CT molecular complexity index is 752. The average molecular weight is 327 g/mol. The number of hydrogen-bond donors (Lipinski definition) is 0. The van der Waals surface area contributed by atoms with Crippen molar-refractivity contribution < 1.29 is 9.53 Å². The van der Waals surface area contributed by atoms with Crippen molar-refractivity contribution in [2.45, 2.75) is 53.2 Å². The fourth-order valence-corrected chi connectivity index (χ4v) is 2.84. The van der Waals surface area contributed by atoms with Crippen molar-refractivity contribution in [3.05, 3.63) is 46.8 Å². The van der Waals surface area contributed by atoms with Gasteiger partial charge in [-0.05, 0) is 69.9 Å². The summed E-state index contributed by atoms with van der Waals surface area (Å²) in [5, 5.41) is 4.54. The first kappa shape index (κ1) is 16.6. The molecule has 2 aromatic rings. The highest BCUT2D eigenvalue weighted by atomic mass is 16.6. The lowest BCUT2D eigenvalue weighted by Gasteiger charge is -2.31. The zero-order valence-electron chi connectivity index (χ0n) is 15.1. The number of aryl methyl sites for hydroxylation is 2. The summed E-state index contributed by atoms with van der Waals surface area (Å²) >= 11 is 0. The van der Waals surface area contributed by atoms with Gasteiger partial charge in [-0.25, -0.2) is 9.48 Å². The highest BCUT2D eigenvalue weighted by Crippen LogP contribution is 2.24. The molecule has 5 nitrogen and oxygen atoms in total. The van der Waals surface area contributed by atoms with Crippen molar-refractivity contribution in [2.24, 2.45) is 0 Å². The zero-order chi connectivity index (χ0) is 17.5. The quantitative estimate of drug-likeness (QED) is 0.801. The molecule has 0 saturated carbocycles. The predicted molar refractivity (Wildman–Crippen MR) is 93.4 cm³/mol. The van der Waals surface area contributed by atoms with E-state index in [0.29, 0.717) is 13.1 Å². The van der Waals surface area contributed by atoms with Crippen molar-refractivity contribution in [3.63, 3.8) is 0 Å². The maximum absolute atomic E-state index is 12.2. The van der Waals surface area contributed by atoms with Gasteiger partial charge in [-0.3, -0.25) is 0 Å². The molecule has 3 rings (SSSR count). The number of aromatic nitrogens is 2. The highest BCUT2D eigenvalue weighted by Gasteiger charge is 2.25. The molecule has 0 fully saturated rings. The van der Waals surface area contributed by atoms with E-state index in [0.717, 1.165) is 17.8 Å². The Morgan fingerprint density at radius 2 is 1.96 bits per heavy atom. The molecule has 1 aromatic heterocycles. The van der Waals surface area contributed by atoms with E-state index >= 15 is 0 Å². The number of carbonyl (C=O) groups excluding carboxylic acids is 1. The third-order valence-corrected chi connectivity index (χ3v) is 4.26. The minimum absolute atomic E-state index is 0.240. The van der Waals surface area contributed by atoms with E-state index in [2.05, 4.69) is 30.2 Å². The Labute approximate surface area is 143 Å². The topological polar surface area (TPSA) is 47.4 Å². The number of carbonyl (C=O) groups is 1. The maximum atomic E-state index is 12.2. The van der Waals surface area contributed by atoms with Crippen LogP contribution >= 0.6 is 0 Å². The van der Waals surface area contributed by atoms with Gasteiger partial charge >= 0.3 is 6.09 Å². The Hall–Kier alpha value is -2.30. The summed E-state index contributed by atoms with van der Waals surface area (Å²) in [5.74, 6) is 0. The normalized spacial score (nSPS) is 14.5. The molecule has 24 heavy (non-hydrogen) atoms. The van der Waals surface area contributed by atoms with E-state index in [4.69, 9.17) is 4.74 Å². The second kappa shape index (κ2) is 5.96. The number of hydrogen-bond acceptors (Lipinski definition) is 3. The van der Waals surface area contributed by atoms with Crippen molar-refractivity contribution in [3.8, 4) is 5.69 Å². The van der Waals surface area contributed by atoms with Crippen LogP contribution < -0.4 is 0 Å². The molecule has 1 aliphatic heterocycles. The summed E-state index contributed by atoms with van der Waals surface area (Å²) in [4.78, 5) is 14.0. The van der Waals surface area contributed by atoms with Crippen LogP contribution in [0.25, 0.3) is 5.69 Å². The molecule has 0 spiro atoms. The Kier molecular flexibility index (Phi) is 4.11. The molecule has 1 amide bonds. The maximum Gasteiger partial charge on any atom is 0.410 e. The van der Waals surface area contributed by atoms with E-state index < -0.39 is 5.60 Å². The third kappa shape index (κ3) is 3.45. The molecular formula is C19H25N3O2. The first-order chi connectivity index (χ1) is 11.2. The van der Waals surface area contributed by atoms with Crippen LogP contribution in [-0.2, 0) is 17.7 Å². The number of rotatable bonds is 1. The molecule has 128 valence electrons. The molecule has 0 aliphatic carbocycles. The Morgan fingerprint density at radius 3 is 2.58 bits per heavy atom. The lowest BCUT2D eigenvalue weighted by atomic mass is 9.99. The molecule has 0 atom stereocenters. The van der Waals surface area contributed by atoms with Gasteiger partial charge in [0.1, 0.15) is 5.60 Å². The van der Waals surface area contributed by atoms with E-state index in [9.17, 15) is 4.79 Å². The zero-order valence-corrected chi connectivity index (χ0v) is 15.1. The molecule has 1 aliphatic rings. The molecule has 2 heterocycles. The number of benzene rings is 1. The second-order valence-electron chi connectivity index (χ2n) is 7.45. The molecule has 1 aromatic carbocycles. The molecule has 0 radical (unpaired) electrons. The van der Waals surface area contributed by atoms with Gasteiger partial charge in [0.15, 0.2) is 0 Å². The van der Waals surface area contributed by atoms with E-state index in [1.807, 2.05) is 38.6 Å². The van der Waals surface area contributed by atoms with Crippen LogP contribution in [0.5, 0.6) is 0 Å². The van der Waals surface area contributed by atoms with Crippen molar-refractivity contribution in [1.29, 1.82) is 0 Å². The van der Waals surface area contributed by atoms with Gasteiger partial charge < -0.3 is 9.64 Å². The number of fused-ring (bicyclic) bond motifs is 1. The van der Waals surface area contributed by atoms with Crippen LogP contribution in [0.3, 0.4) is 0 Å². The van der Waals surface area contributed by atoms with E-state index in [1.165, 1.54) is 16.7 Å². The Morgan fingerprint density at radius 1 is 1.21 bits per heavy atom. The lowest BCUT2D eigenvalue weighted by Crippen LogP contribution is -2.39. The summed E-state index contributed by atoms with van der Waals surface area (Å²) in [5.41, 5.74) is 5.29. The van der Waals surface area contributed by atoms with Crippen molar-refractivity contribution >= 4 is 6.09 Å². The van der Waals surface area contributed by atoms with Crippen LogP contribution in [-0.4, -0.2) is 32.9 Å². The summed E-state index contributed by atoms with van der Waals surface area (Å²) in [6.07, 6.45) is 2.64. The largest absolute Gasteiger partial charge is 0.444 e. The van der Waals surface area contributed by atoms with E-state index in [-0.39, 0.29) is 6.09 Å². The number of nitrogens with zero attached hydrogens (tertiary/aromatic N) is 3. The van der Waals surface area contributed by atoms with Crippen LogP contribution in [0.2, 0.25) is 0 Å². The van der Waals surface area contributed by atoms with Gasteiger partial charge in [0, 0.05) is 19.3 Å². The molecule has 0 saturated heterocycles. The van der Waals surface area contributed by atoms with Gasteiger partial charge in [-0.15, -0.1) is 0 Å². The molecule has 0 bridgehead atoms. The second-order valence-corrected chi connectivity index (χ2v) is 7.45. The minimum Gasteiger partial charge on any atom is -0.444 e. The molecule has 0 unspecified atom stereocenters. The van der Waals surface area contributed by atoms with E-state index in [1.54, 1.807) is 4.90 Å². The number of ether oxygens (including phenoxy) is 1. The summed E-state index contributed by atoms with van der Waals surface area (Å²) < 4.78 is 7.40. The smallest absolute Gasteiger partial charge is 0.410 e. The van der Waals surface area contributed by atoms with Crippen LogP contribution in [0.1, 0.15) is 43.2 Å². The third-order valence-electron chi connectivity index (χ3n) is 4.26. The summed E-state index contributed by atoms with van der Waals surface area (Å²) in [6, 6.07) is 6.32. The molecule has 5 heteroatoms. The van der Waals surface area contributed by atoms with Gasteiger partial charge in [0.25, 0.3) is 0 Å². The summed E-state index contributed by atoms with van der Waals surface area (Å²) in [7, 11) is 0. The SMILES string of the molecule is Cc1cn(-c2ccc3c(c2)CCN(C(=O)OC(C)(C)C)C3)nc1C. The standard InChI is InChI=1S/C19H25N3O2/c1-13-11-22(20-14(13)2)17-7-6-16-12-21(9-8-15(16)10-17)18(23)24-19(3,4)5/h6-7,10-11H,8-9,12H2,1-5H3. The van der Waals surface area contributed by atoms with Crippen LogP contribution in [0, 0.1) is 13.8 Å². The van der Waals surface area contributed by atoms with Crippen LogP contribution in [0.4, 0.5) is 4.79 Å². The highest BCUT2D eigenvalue weighted by molar-refractivity contribution is 5.68. The predicted octanol–water partition coefficient (Wildman–Crippen LogP) is 3.78. The molecular weight excluding hydrogens is 302 g/mol. The fourth-order valence-electron chi connectivity index (χ4n) is 2.84. The fraction of sp³-hybridized carbons (Fsp3) is 0.474. The Balaban J connectivity index is 1.78. The monoisotopic (exact) mass is 327 g/mol. The molecule has 0 N–H and O–H groups in total. The minimum atomic E-state index is -0.461. The lowest BCUT2D eigenvalue weighted by molar-refractivity contribution is 0.0224. The van der Waals surface area contributed by atoms with Gasteiger partial charge in [-0.2, -0.15) is 5.10 Å². The number of amides is 1. The van der Waals surface area contributed by atoms with Gasteiger partial charge in [0.2, 0.25) is 0 Å². The summed E-state index contributed by atoms with van der Waals surface area (Å²) in [6.45, 7) is 11.0. The first-order valence-electron chi connectivity index (χ1n) is 8.36. The van der Waals surface area contributed by atoms with Crippen molar-refractivity contribution in [1.82, 2.24) is 14.7 Å².